The summed E-state index contributed by atoms with van der Waals surface area (Å²) in [5.74, 6) is -0.410. The summed E-state index contributed by atoms with van der Waals surface area (Å²) < 4.78 is 3.69. The summed E-state index contributed by atoms with van der Waals surface area (Å²) in [6.07, 6.45) is 6.37. The van der Waals surface area contributed by atoms with Gasteiger partial charge in [-0.1, -0.05) is 36.4 Å². The number of nitrogens with zero attached hydrogens (tertiary/aromatic N) is 5. The van der Waals surface area contributed by atoms with Gasteiger partial charge >= 0.3 is 5.69 Å². The molecule has 0 aliphatic heterocycles. The van der Waals surface area contributed by atoms with E-state index < -0.39 is 17.2 Å². The molecule has 1 N–H and O–H groups in total. The molecule has 1 amide bonds. The molecule has 0 saturated carbocycles. The van der Waals surface area contributed by atoms with Gasteiger partial charge in [-0.15, -0.1) is 0 Å². The normalized spacial score (nSPS) is 11.6. The van der Waals surface area contributed by atoms with E-state index in [-0.39, 0.29) is 17.7 Å². The first-order valence-corrected chi connectivity index (χ1v) is 8.13. The lowest BCUT2D eigenvalue weighted by molar-refractivity contribution is -0.121. The average Bonchev–Trinajstić information content (AvgIpc) is 3.09. The summed E-state index contributed by atoms with van der Waals surface area (Å²) in [6, 6.07) is 9.67. The van der Waals surface area contributed by atoms with Gasteiger partial charge in [0.05, 0.1) is 6.33 Å². The van der Waals surface area contributed by atoms with Crippen molar-refractivity contribution >= 4 is 29.4 Å². The van der Waals surface area contributed by atoms with Gasteiger partial charge in [-0.2, -0.15) is 5.10 Å². The van der Waals surface area contributed by atoms with Crippen LogP contribution in [0.5, 0.6) is 0 Å². The van der Waals surface area contributed by atoms with Gasteiger partial charge in [0.15, 0.2) is 5.52 Å². The summed E-state index contributed by atoms with van der Waals surface area (Å²) in [6.45, 7) is -0.128. The predicted octanol–water partition coefficient (Wildman–Crippen LogP) is 0.249. The molecule has 27 heavy (non-hydrogen) atoms. The second-order valence-electron chi connectivity index (χ2n) is 5.83. The number of nitrogens with one attached hydrogen (secondary N) is 1. The number of carbonyl (C=O) groups excluding carboxylic acids is 1. The monoisotopic (exact) mass is 366 g/mol. The fraction of sp³-hybridized carbons (Fsp3) is 0.167. The SMILES string of the molecule is Cn1c(=O)c2ncn(CC(=O)NN=C/C=C/c3ccccc3)c2n(C)c1=O. The van der Waals surface area contributed by atoms with Crippen LogP contribution in [0.2, 0.25) is 0 Å². The van der Waals surface area contributed by atoms with Crippen molar-refractivity contribution in [1.82, 2.24) is 24.1 Å². The maximum atomic E-state index is 12.1. The van der Waals surface area contributed by atoms with Crippen LogP contribution in [-0.4, -0.2) is 30.8 Å². The second kappa shape index (κ2) is 7.65. The molecule has 9 heteroatoms. The van der Waals surface area contributed by atoms with Gasteiger partial charge in [-0.05, 0) is 11.6 Å². The minimum Gasteiger partial charge on any atom is -0.307 e. The van der Waals surface area contributed by atoms with Crippen molar-refractivity contribution in [1.29, 1.82) is 0 Å². The first kappa shape index (κ1) is 18.1. The number of hydrogen-bond acceptors (Lipinski definition) is 5. The molecule has 0 unspecified atom stereocenters. The topological polar surface area (TPSA) is 103 Å². The van der Waals surface area contributed by atoms with Gasteiger partial charge in [-0.25, -0.2) is 15.2 Å². The first-order chi connectivity index (χ1) is 13.0. The van der Waals surface area contributed by atoms with Gasteiger partial charge in [-0.3, -0.25) is 18.7 Å². The summed E-state index contributed by atoms with van der Waals surface area (Å²) in [4.78, 5) is 40.2. The Balaban J connectivity index is 1.70. The zero-order valence-corrected chi connectivity index (χ0v) is 14.9. The van der Waals surface area contributed by atoms with Gasteiger partial charge in [0, 0.05) is 20.3 Å². The zero-order valence-electron chi connectivity index (χ0n) is 14.9. The second-order valence-corrected chi connectivity index (χ2v) is 5.83. The molecule has 0 saturated heterocycles. The molecular formula is C18H18N6O3. The molecule has 0 atom stereocenters. The Morgan fingerprint density at radius 1 is 1.19 bits per heavy atom. The van der Waals surface area contributed by atoms with Crippen molar-refractivity contribution in [2.75, 3.05) is 0 Å². The van der Waals surface area contributed by atoms with E-state index in [2.05, 4.69) is 15.5 Å². The van der Waals surface area contributed by atoms with Crippen molar-refractivity contribution in [2.45, 2.75) is 6.54 Å². The minimum absolute atomic E-state index is 0.127. The number of hydrogen-bond donors (Lipinski definition) is 1. The van der Waals surface area contributed by atoms with E-state index in [0.717, 1.165) is 10.1 Å². The summed E-state index contributed by atoms with van der Waals surface area (Å²) >= 11 is 0. The molecule has 0 radical (unpaired) electrons. The number of hydrazone groups is 1. The van der Waals surface area contributed by atoms with Crippen LogP contribution >= 0.6 is 0 Å². The fourth-order valence-corrected chi connectivity index (χ4v) is 2.62. The average molecular weight is 366 g/mol. The Bertz CT molecular complexity index is 1150. The van der Waals surface area contributed by atoms with Gasteiger partial charge in [0.2, 0.25) is 0 Å². The first-order valence-electron chi connectivity index (χ1n) is 8.13. The molecule has 2 heterocycles. The summed E-state index contributed by atoms with van der Waals surface area (Å²) in [7, 11) is 2.90. The van der Waals surface area contributed by atoms with Crippen LogP contribution in [0.3, 0.4) is 0 Å². The van der Waals surface area contributed by atoms with Crippen molar-refractivity contribution in [3.05, 3.63) is 69.1 Å². The van der Waals surface area contributed by atoms with E-state index in [4.69, 9.17) is 0 Å². The third kappa shape index (κ3) is 3.76. The number of aryl methyl sites for hydroxylation is 1. The molecule has 0 fully saturated rings. The van der Waals surface area contributed by atoms with Crippen molar-refractivity contribution in [3.8, 4) is 0 Å². The van der Waals surface area contributed by atoms with E-state index in [1.165, 1.54) is 35.8 Å². The number of amides is 1. The molecule has 2 aromatic heterocycles. The number of allylic oxidation sites excluding steroid dienone is 1. The summed E-state index contributed by atoms with van der Waals surface area (Å²) in [5, 5.41) is 3.84. The Hall–Kier alpha value is -3.75. The molecule has 138 valence electrons. The lowest BCUT2D eigenvalue weighted by atomic mass is 10.2. The van der Waals surface area contributed by atoms with Crippen LogP contribution in [0.1, 0.15) is 5.56 Å². The van der Waals surface area contributed by atoms with E-state index in [1.54, 1.807) is 6.08 Å². The Morgan fingerprint density at radius 3 is 2.67 bits per heavy atom. The van der Waals surface area contributed by atoms with Crippen LogP contribution in [0.15, 0.2) is 57.4 Å². The van der Waals surface area contributed by atoms with Crippen molar-refractivity contribution < 1.29 is 4.79 Å². The molecule has 9 nitrogen and oxygen atoms in total. The van der Waals surface area contributed by atoms with E-state index in [9.17, 15) is 14.4 Å². The number of fused-ring (bicyclic) bond motifs is 1. The lowest BCUT2D eigenvalue weighted by Crippen LogP contribution is -2.37. The lowest BCUT2D eigenvalue weighted by Gasteiger charge is -2.07. The summed E-state index contributed by atoms with van der Waals surface area (Å²) in [5.41, 5.74) is 2.83. The molecule has 1 aromatic carbocycles. The van der Waals surface area contributed by atoms with Gasteiger partial charge in [0.25, 0.3) is 11.5 Å². The highest BCUT2D eigenvalue weighted by Gasteiger charge is 2.15. The zero-order chi connectivity index (χ0) is 19.4. The maximum absolute atomic E-state index is 12.1. The van der Waals surface area contributed by atoms with Crippen LogP contribution in [-0.2, 0) is 25.4 Å². The smallest absolute Gasteiger partial charge is 0.307 e. The van der Waals surface area contributed by atoms with Crippen molar-refractivity contribution in [3.63, 3.8) is 0 Å². The molecule has 0 spiro atoms. The Labute approximate surface area is 153 Å². The number of carbonyl (C=O) groups is 1. The Kier molecular flexibility index (Phi) is 5.11. The highest BCUT2D eigenvalue weighted by molar-refractivity contribution is 5.82. The fourth-order valence-electron chi connectivity index (χ4n) is 2.62. The minimum atomic E-state index is -0.503. The van der Waals surface area contributed by atoms with Crippen LogP contribution in [0.4, 0.5) is 0 Å². The van der Waals surface area contributed by atoms with Crippen LogP contribution in [0, 0.1) is 0 Å². The standard InChI is InChI=1S/C18H18N6O3/c1-22-16-15(17(26)23(2)18(22)27)19-12-24(16)11-14(25)21-20-10-6-9-13-7-4-3-5-8-13/h3-10,12H,11H2,1-2H3,(H,21,25)/b9-6+,20-10?. The molecule has 3 rings (SSSR count). The number of rotatable bonds is 5. The number of aromatic nitrogens is 4. The molecule has 0 aliphatic carbocycles. The molecule has 3 aromatic rings. The Morgan fingerprint density at radius 2 is 1.93 bits per heavy atom. The number of imidazole rings is 1. The van der Waals surface area contributed by atoms with Crippen LogP contribution in [0.25, 0.3) is 17.2 Å². The van der Waals surface area contributed by atoms with E-state index in [0.29, 0.717) is 0 Å². The quantitative estimate of drug-likeness (QED) is 0.516. The van der Waals surface area contributed by atoms with E-state index in [1.807, 2.05) is 36.4 Å². The maximum Gasteiger partial charge on any atom is 0.332 e. The van der Waals surface area contributed by atoms with Crippen LogP contribution < -0.4 is 16.7 Å². The van der Waals surface area contributed by atoms with Gasteiger partial charge in [0.1, 0.15) is 12.2 Å². The predicted molar refractivity (Wildman–Crippen MR) is 102 cm³/mol. The highest BCUT2D eigenvalue weighted by Crippen LogP contribution is 2.05. The van der Waals surface area contributed by atoms with Crippen molar-refractivity contribution in [2.24, 2.45) is 19.2 Å². The largest absolute Gasteiger partial charge is 0.332 e. The van der Waals surface area contributed by atoms with Gasteiger partial charge < -0.3 is 4.57 Å². The highest BCUT2D eigenvalue weighted by atomic mass is 16.2. The molecule has 0 bridgehead atoms. The third-order valence-electron chi connectivity index (χ3n) is 3.96. The molecule has 0 aliphatic rings. The third-order valence-corrected chi connectivity index (χ3v) is 3.96. The van der Waals surface area contributed by atoms with E-state index >= 15 is 0 Å². The molecular weight excluding hydrogens is 348 g/mol. The number of benzene rings is 1.